The third-order valence-corrected chi connectivity index (χ3v) is 22.9. The summed E-state index contributed by atoms with van der Waals surface area (Å²) in [7, 11) is 0. The van der Waals surface area contributed by atoms with Crippen LogP contribution in [0.25, 0.3) is 111 Å². The lowest BCUT2D eigenvalue weighted by Gasteiger charge is -2.13. The van der Waals surface area contributed by atoms with Gasteiger partial charge in [-0.15, -0.1) is 18.0 Å². The van der Waals surface area contributed by atoms with E-state index in [2.05, 4.69) is 85.7 Å². The lowest BCUT2D eigenvalue weighted by atomic mass is 10.1. The maximum atomic E-state index is 12.0. The molecule has 10 aromatic carbocycles. The summed E-state index contributed by atoms with van der Waals surface area (Å²) in [6.07, 6.45) is 3.15. The van der Waals surface area contributed by atoms with Crippen molar-refractivity contribution >= 4 is 137 Å². The number of carbonyl (C=O) groups excluding carboxylic acids is 5. The van der Waals surface area contributed by atoms with E-state index >= 15 is 0 Å². The van der Waals surface area contributed by atoms with Crippen LogP contribution in [0.1, 0.15) is 159 Å². The molecule has 30 nitrogen and oxygen atoms in total. The molecule has 32 heteroatoms. The summed E-state index contributed by atoms with van der Waals surface area (Å²) >= 11 is 11.0. The number of aromatic nitrogens is 5. The standard InChI is InChI=1S/2C24H27N3O3.C24H23N3O3.C23H24ClN3O3.C22H22ClN3O3/c1-6-27-22-13-19(29-15(2)3)10-11-20(22)21(14-25)23(27)17-8-7-9-18(12-17)26-24(28)30-16(4)5;2*1-5-12-29-24(28)26-18-9-7-8-17(13-18)23-21(15-25)20-11-10-19(30-16(3)4)14-22(20)27(23)6-2;1-4-27-21-13-18(30-15(2)3)8-9-19(21)20(14-25)22(27)16-6-5-7-17(12-16)26-23(28)29-11-10-24;1-4-26-20-11-17(29-14(2)3)8-9-18(20)19(12-24)21(26)15-6-5-7-16(10-15)25-22(27)28-13-23/h7-13,15-16H,6H2,1-5H3,(H,26,28);7-11,13-14,16H,5-6,12H2,1-4H3,(H,26,28);1,7-11,13-14,16H,6,12H2,2-4H3,(H,26,28);5-9,12-13,15H,4,10-11H2,1-3H3,(H,26,28);5-11,14H,4,13H2,1-3H3,(H,25,27). The molecule has 0 aliphatic heterocycles. The van der Waals surface area contributed by atoms with Gasteiger partial charge in [0.15, 0.2) is 12.7 Å². The molecule has 0 aliphatic carbocycles. The van der Waals surface area contributed by atoms with Gasteiger partial charge in [-0.1, -0.05) is 85.1 Å². The highest BCUT2D eigenvalue weighted by Gasteiger charge is 2.28. The molecule has 0 bridgehead atoms. The summed E-state index contributed by atoms with van der Waals surface area (Å²) in [5, 5.41) is 67.4. The summed E-state index contributed by atoms with van der Waals surface area (Å²) in [4.78, 5) is 59.3. The van der Waals surface area contributed by atoms with E-state index in [9.17, 15) is 50.3 Å². The minimum atomic E-state index is -0.635. The Morgan fingerprint density at radius 1 is 0.302 bits per heavy atom. The van der Waals surface area contributed by atoms with Gasteiger partial charge in [0, 0.05) is 146 Å². The van der Waals surface area contributed by atoms with Crippen molar-refractivity contribution in [2.75, 3.05) is 58.4 Å². The van der Waals surface area contributed by atoms with Gasteiger partial charge in [-0.05, 0) is 245 Å². The van der Waals surface area contributed by atoms with Crippen LogP contribution in [0.4, 0.5) is 52.4 Å². The summed E-state index contributed by atoms with van der Waals surface area (Å²) in [6, 6.07) is 77.3. The van der Waals surface area contributed by atoms with Crippen LogP contribution >= 0.6 is 23.2 Å². The van der Waals surface area contributed by atoms with Gasteiger partial charge in [0.2, 0.25) is 0 Å². The van der Waals surface area contributed by atoms with Gasteiger partial charge in [0.25, 0.3) is 0 Å². The minimum Gasteiger partial charge on any atom is -0.491 e. The first-order valence-corrected chi connectivity index (χ1v) is 50.3. The molecule has 0 saturated heterocycles. The van der Waals surface area contributed by atoms with E-state index in [1.807, 2.05) is 293 Å². The number of anilines is 5. The third kappa shape index (κ3) is 28.3. The van der Waals surface area contributed by atoms with Gasteiger partial charge in [-0.25, -0.2) is 24.0 Å². The topological polar surface area (TPSA) is 381 Å². The number of amides is 5. The Labute approximate surface area is 878 Å². The number of alkyl halides is 2. The molecule has 15 rings (SSSR count). The molecule has 5 amide bonds. The van der Waals surface area contributed by atoms with Crippen molar-refractivity contribution in [3.63, 3.8) is 0 Å². The first-order chi connectivity index (χ1) is 71.7. The van der Waals surface area contributed by atoms with Crippen molar-refractivity contribution in [1.82, 2.24) is 22.8 Å². The highest BCUT2D eigenvalue weighted by Crippen LogP contribution is 2.44. The molecule has 15 aromatic rings. The first kappa shape index (κ1) is 112. The molecule has 5 heterocycles. The average Bonchev–Trinajstić information content (AvgIpc) is 1.63. The van der Waals surface area contributed by atoms with Gasteiger partial charge >= 0.3 is 30.5 Å². The zero-order valence-electron chi connectivity index (χ0n) is 86.9. The monoisotopic (exact) mass is 2050 g/mol. The zero-order valence-corrected chi connectivity index (χ0v) is 88.4. The Bertz CT molecular complexity index is 7430. The predicted octanol–water partition coefficient (Wildman–Crippen LogP) is 28.6. The van der Waals surface area contributed by atoms with Crippen LogP contribution in [0.15, 0.2) is 212 Å². The number of terminal acetylenes is 1. The van der Waals surface area contributed by atoms with Gasteiger partial charge in [-0.3, -0.25) is 26.6 Å². The number of hydrogen-bond donors (Lipinski definition) is 5. The molecule has 0 atom stereocenters. The molecule has 770 valence electrons. The van der Waals surface area contributed by atoms with Crippen LogP contribution in [0.5, 0.6) is 28.7 Å². The number of ether oxygens (including phenoxy) is 10. The van der Waals surface area contributed by atoms with Crippen LogP contribution in [0, 0.1) is 69.0 Å². The molecule has 0 radical (unpaired) electrons. The number of benzene rings is 10. The van der Waals surface area contributed by atoms with Crippen molar-refractivity contribution in [1.29, 1.82) is 26.3 Å². The van der Waals surface area contributed by atoms with E-state index in [0.29, 0.717) is 95.6 Å². The Kier molecular flexibility index (Phi) is 40.4. The van der Waals surface area contributed by atoms with Crippen LogP contribution in [-0.2, 0) is 56.4 Å². The second-order valence-electron chi connectivity index (χ2n) is 35.4. The van der Waals surface area contributed by atoms with Crippen LogP contribution in [0.3, 0.4) is 0 Å². The van der Waals surface area contributed by atoms with Crippen molar-refractivity contribution in [2.45, 2.75) is 200 Å². The number of nitrogens with zero attached hydrogens (tertiary/aromatic N) is 10. The largest absolute Gasteiger partial charge is 0.491 e. The van der Waals surface area contributed by atoms with E-state index in [4.69, 9.17) is 77.0 Å². The minimum absolute atomic E-state index is 0.0550. The highest BCUT2D eigenvalue weighted by molar-refractivity contribution is 6.18. The van der Waals surface area contributed by atoms with Crippen LogP contribution in [-0.4, -0.2) is 122 Å². The third-order valence-electron chi connectivity index (χ3n) is 22.7. The molecule has 0 fully saturated rings. The maximum absolute atomic E-state index is 12.0. The number of hydrogen-bond acceptors (Lipinski definition) is 20. The van der Waals surface area contributed by atoms with E-state index in [1.165, 1.54) is 0 Å². The number of rotatable bonds is 32. The van der Waals surface area contributed by atoms with Gasteiger partial charge in [0.05, 0.1) is 133 Å². The van der Waals surface area contributed by atoms with Gasteiger partial charge in [-0.2, -0.15) is 26.3 Å². The highest BCUT2D eigenvalue weighted by atomic mass is 35.5. The fourth-order valence-electron chi connectivity index (χ4n) is 17.3. The summed E-state index contributed by atoms with van der Waals surface area (Å²) in [5.74, 6) is 6.31. The maximum Gasteiger partial charge on any atom is 0.412 e. The number of carbonyl (C=O) groups is 5. The number of nitrogens with one attached hydrogen (secondary N) is 5. The van der Waals surface area contributed by atoms with E-state index in [-0.39, 0.29) is 61.8 Å². The summed E-state index contributed by atoms with van der Waals surface area (Å²) in [5.41, 5.74) is 18.7. The summed E-state index contributed by atoms with van der Waals surface area (Å²) in [6.45, 7) is 39.3. The number of nitriles is 5. The Morgan fingerprint density at radius 3 is 0.732 bits per heavy atom. The average molecular weight is 2050 g/mol. The van der Waals surface area contributed by atoms with Crippen molar-refractivity contribution in [3.8, 4) is 128 Å². The molecule has 149 heavy (non-hydrogen) atoms. The Morgan fingerprint density at radius 2 is 0.530 bits per heavy atom. The normalized spacial score (nSPS) is 10.8. The van der Waals surface area contributed by atoms with Gasteiger partial charge in [0.1, 0.15) is 65.7 Å². The van der Waals surface area contributed by atoms with Crippen LogP contribution < -0.4 is 50.3 Å². The van der Waals surface area contributed by atoms with E-state index in [0.717, 1.165) is 146 Å². The second-order valence-corrected chi connectivity index (χ2v) is 36.0. The molecule has 0 spiro atoms. The van der Waals surface area contributed by atoms with Crippen LogP contribution in [0.2, 0.25) is 0 Å². The molecular formula is C117H123Cl2N15O15. The molecular weight excluding hydrogens is 1930 g/mol. The lowest BCUT2D eigenvalue weighted by molar-refractivity contribution is 0.130. The number of fused-ring (bicyclic) bond motifs is 5. The molecule has 5 aromatic heterocycles. The second kappa shape index (κ2) is 53.6. The Balaban J connectivity index is 0.000000177. The number of aryl methyl sites for hydroxylation is 5. The lowest BCUT2D eigenvalue weighted by Crippen LogP contribution is -2.17. The molecule has 5 N–H and O–H groups in total. The summed E-state index contributed by atoms with van der Waals surface area (Å²) < 4.78 is 64.5. The van der Waals surface area contributed by atoms with E-state index < -0.39 is 30.5 Å². The molecule has 0 saturated carbocycles. The first-order valence-electron chi connectivity index (χ1n) is 49.2. The fraction of sp³-hybridized carbons (Fsp3) is 0.299. The van der Waals surface area contributed by atoms with Crippen molar-refractivity contribution < 1.29 is 71.3 Å². The predicted molar refractivity (Wildman–Crippen MR) is 588 cm³/mol. The smallest absolute Gasteiger partial charge is 0.412 e. The van der Waals surface area contributed by atoms with Crippen molar-refractivity contribution in [3.05, 3.63) is 240 Å². The SMILES string of the molecule is C#CCOC(=O)Nc1cccc(-c2c(C#N)c3ccc(OC(C)C)cc3n2CC)c1.CCCOC(=O)Nc1cccc(-c2c(C#N)c3ccc(OC(C)C)cc3n2CC)c1.CCn1c(-c2cccc(NC(=O)OC(C)C)c2)c(C#N)c2ccc(OC(C)C)cc21.CCn1c(-c2cccc(NC(=O)OCCCl)c2)c(C#N)c2ccc(OC(C)C)cc21.CCn1c(-c2cccc(NC(=O)OCCl)c2)c(C#N)c2ccc(OC(C)C)cc21. The number of halogens is 2. The molecule has 0 aliphatic rings. The molecule has 0 unspecified atom stereocenters. The fourth-order valence-corrected chi connectivity index (χ4v) is 17.4. The quantitative estimate of drug-likeness (QED) is 0.0148. The Hall–Kier alpha value is -17.2. The van der Waals surface area contributed by atoms with E-state index in [1.54, 1.807) is 44.2 Å². The van der Waals surface area contributed by atoms with Gasteiger partial charge < -0.3 is 70.2 Å². The van der Waals surface area contributed by atoms with Crippen molar-refractivity contribution in [2.24, 2.45) is 0 Å². The zero-order chi connectivity index (χ0) is 108.